The van der Waals surface area contributed by atoms with Crippen LogP contribution in [0.25, 0.3) is 0 Å². The summed E-state index contributed by atoms with van der Waals surface area (Å²) in [6, 6.07) is 12.7. The van der Waals surface area contributed by atoms with Gasteiger partial charge in [0.15, 0.2) is 0 Å². The number of halogens is 1. The van der Waals surface area contributed by atoms with Gasteiger partial charge in [-0.1, -0.05) is 57.7 Å². The number of aryl methyl sites for hydroxylation is 1. The Hall–Kier alpha value is -1.83. The first kappa shape index (κ1) is 23.3. The molecule has 0 spiro atoms. The van der Waals surface area contributed by atoms with E-state index in [0.29, 0.717) is 5.92 Å². The van der Waals surface area contributed by atoms with E-state index in [1.54, 1.807) is 0 Å². The lowest BCUT2D eigenvalue weighted by atomic mass is 9.76. The second kappa shape index (κ2) is 11.3. The summed E-state index contributed by atoms with van der Waals surface area (Å²) in [5, 5.41) is 0. The normalized spacial score (nSPS) is 23.0. The van der Waals surface area contributed by atoms with Crippen LogP contribution >= 0.6 is 0 Å². The molecule has 2 aliphatic carbocycles. The molecule has 2 heteroatoms. The van der Waals surface area contributed by atoms with Gasteiger partial charge < -0.3 is 4.74 Å². The van der Waals surface area contributed by atoms with E-state index in [1.165, 1.54) is 68.1 Å². The molecule has 1 atom stereocenters. The van der Waals surface area contributed by atoms with Crippen molar-refractivity contribution in [3.05, 3.63) is 64.5 Å². The summed E-state index contributed by atoms with van der Waals surface area (Å²) in [6.45, 7) is 5.29. The topological polar surface area (TPSA) is 9.23 Å². The number of hydrogen-bond donors (Lipinski definition) is 0. The Morgan fingerprint density at radius 3 is 2.44 bits per heavy atom. The molecule has 1 fully saturated rings. The lowest BCUT2D eigenvalue weighted by Crippen LogP contribution is -2.16. The molecule has 2 aromatic rings. The zero-order chi connectivity index (χ0) is 22.3. The first-order valence-corrected chi connectivity index (χ1v) is 13.2. The van der Waals surface area contributed by atoms with Gasteiger partial charge in [-0.2, -0.15) is 0 Å². The maximum Gasteiger partial charge on any atom is 0.126 e. The molecule has 2 aromatic carbocycles. The lowest BCUT2D eigenvalue weighted by Gasteiger charge is -2.29. The van der Waals surface area contributed by atoms with Gasteiger partial charge in [-0.3, -0.25) is 0 Å². The van der Waals surface area contributed by atoms with E-state index in [2.05, 4.69) is 44.2 Å². The molecule has 0 amide bonds. The number of ether oxygens (including phenoxy) is 1. The monoisotopic (exact) mass is 436 g/mol. The van der Waals surface area contributed by atoms with E-state index < -0.39 is 0 Å². The fourth-order valence-electron chi connectivity index (χ4n) is 5.95. The van der Waals surface area contributed by atoms with Gasteiger partial charge in [0.1, 0.15) is 11.6 Å². The van der Waals surface area contributed by atoms with Gasteiger partial charge in [0, 0.05) is 0 Å². The van der Waals surface area contributed by atoms with Gasteiger partial charge in [0.25, 0.3) is 0 Å². The van der Waals surface area contributed by atoms with Crippen molar-refractivity contribution in [3.63, 3.8) is 0 Å². The Morgan fingerprint density at radius 2 is 1.69 bits per heavy atom. The maximum absolute atomic E-state index is 15.2. The molecule has 1 saturated carbocycles. The third kappa shape index (κ3) is 5.74. The van der Waals surface area contributed by atoms with Crippen LogP contribution in [0.1, 0.15) is 112 Å². The van der Waals surface area contributed by atoms with Crippen LogP contribution in [0.5, 0.6) is 5.75 Å². The van der Waals surface area contributed by atoms with Crippen molar-refractivity contribution in [2.45, 2.75) is 103 Å². The number of unbranched alkanes of at least 4 members (excludes halogenated alkanes) is 2. The van der Waals surface area contributed by atoms with Crippen molar-refractivity contribution < 1.29 is 9.13 Å². The zero-order valence-electron chi connectivity index (χ0n) is 20.2. The number of benzene rings is 2. The summed E-state index contributed by atoms with van der Waals surface area (Å²) in [5.74, 6) is 2.73. The standard InChI is InChI=1S/C30H41FO/c1-3-5-6-18-32-28-16-14-24-19-27(13-12-25(24)20-28)29-17-15-26(21-30(29)31)23-10-8-22(7-4-2)9-11-23/h14-17,20-23,27H,3-13,18-19H2,1-2H3. The van der Waals surface area contributed by atoms with Crippen molar-refractivity contribution >= 4 is 0 Å². The quantitative estimate of drug-likeness (QED) is 0.357. The van der Waals surface area contributed by atoms with Crippen molar-refractivity contribution in [3.8, 4) is 5.75 Å². The predicted octanol–water partition coefficient (Wildman–Crippen LogP) is 8.74. The van der Waals surface area contributed by atoms with Gasteiger partial charge in [-0.15, -0.1) is 0 Å². The molecule has 4 rings (SSSR count). The highest BCUT2D eigenvalue weighted by Gasteiger charge is 2.26. The van der Waals surface area contributed by atoms with Gasteiger partial charge in [-0.25, -0.2) is 4.39 Å². The van der Waals surface area contributed by atoms with Gasteiger partial charge in [0.05, 0.1) is 6.61 Å². The third-order valence-electron chi connectivity index (χ3n) is 7.90. The van der Waals surface area contributed by atoms with Gasteiger partial charge in [0.2, 0.25) is 0 Å². The number of fused-ring (bicyclic) bond motifs is 1. The Bertz CT molecular complexity index is 865. The highest BCUT2D eigenvalue weighted by atomic mass is 19.1. The molecule has 0 aromatic heterocycles. The second-order valence-electron chi connectivity index (χ2n) is 10.2. The molecular formula is C30H41FO. The van der Waals surface area contributed by atoms with Crippen LogP contribution < -0.4 is 4.74 Å². The van der Waals surface area contributed by atoms with Crippen LogP contribution in [-0.2, 0) is 12.8 Å². The lowest BCUT2D eigenvalue weighted by molar-refractivity contribution is 0.305. The van der Waals surface area contributed by atoms with Crippen molar-refractivity contribution in [1.29, 1.82) is 0 Å². The average molecular weight is 437 g/mol. The van der Waals surface area contributed by atoms with Crippen molar-refractivity contribution in [2.75, 3.05) is 6.61 Å². The molecule has 0 bridgehead atoms. The minimum atomic E-state index is 0.0162. The zero-order valence-corrected chi connectivity index (χ0v) is 20.2. The Morgan fingerprint density at radius 1 is 0.844 bits per heavy atom. The van der Waals surface area contributed by atoms with E-state index >= 15 is 4.39 Å². The van der Waals surface area contributed by atoms with Crippen LogP contribution in [0.15, 0.2) is 36.4 Å². The molecule has 0 aliphatic heterocycles. The van der Waals surface area contributed by atoms with Crippen LogP contribution in [0.4, 0.5) is 4.39 Å². The first-order valence-electron chi connectivity index (χ1n) is 13.2. The number of hydrogen-bond acceptors (Lipinski definition) is 1. The summed E-state index contributed by atoms with van der Waals surface area (Å²) in [5.41, 5.74) is 4.89. The minimum absolute atomic E-state index is 0.0162. The van der Waals surface area contributed by atoms with Gasteiger partial charge >= 0.3 is 0 Å². The minimum Gasteiger partial charge on any atom is -0.494 e. The molecule has 0 radical (unpaired) electrons. The molecule has 2 aliphatic rings. The maximum atomic E-state index is 15.2. The Balaban J connectivity index is 1.37. The SMILES string of the molecule is CCCCCOc1ccc2c(c1)CCC(c1ccc(C3CCC(CCC)CC3)cc1F)C2. The number of rotatable bonds is 9. The Kier molecular flexibility index (Phi) is 8.27. The summed E-state index contributed by atoms with van der Waals surface area (Å²) >= 11 is 0. The first-order chi connectivity index (χ1) is 15.7. The summed E-state index contributed by atoms with van der Waals surface area (Å²) < 4.78 is 21.1. The fourth-order valence-corrected chi connectivity index (χ4v) is 5.95. The molecule has 0 N–H and O–H groups in total. The van der Waals surface area contributed by atoms with E-state index in [0.717, 1.165) is 49.5 Å². The molecule has 32 heavy (non-hydrogen) atoms. The molecule has 0 saturated heterocycles. The molecule has 174 valence electrons. The van der Waals surface area contributed by atoms with E-state index in [-0.39, 0.29) is 11.7 Å². The molecular weight excluding hydrogens is 395 g/mol. The van der Waals surface area contributed by atoms with Crippen LogP contribution in [0.3, 0.4) is 0 Å². The third-order valence-corrected chi connectivity index (χ3v) is 7.90. The highest BCUT2D eigenvalue weighted by molar-refractivity contribution is 5.40. The van der Waals surface area contributed by atoms with Crippen LogP contribution in [-0.4, -0.2) is 6.61 Å². The summed E-state index contributed by atoms with van der Waals surface area (Å²) in [6.07, 6.45) is 14.2. The average Bonchev–Trinajstić information content (AvgIpc) is 2.82. The largest absolute Gasteiger partial charge is 0.494 e. The second-order valence-corrected chi connectivity index (χ2v) is 10.2. The van der Waals surface area contributed by atoms with E-state index in [1.807, 2.05) is 6.07 Å². The summed E-state index contributed by atoms with van der Waals surface area (Å²) in [7, 11) is 0. The van der Waals surface area contributed by atoms with E-state index in [9.17, 15) is 0 Å². The summed E-state index contributed by atoms with van der Waals surface area (Å²) in [4.78, 5) is 0. The molecule has 0 heterocycles. The van der Waals surface area contributed by atoms with E-state index in [4.69, 9.17) is 4.74 Å². The predicted molar refractivity (Wildman–Crippen MR) is 132 cm³/mol. The molecule has 1 unspecified atom stereocenters. The van der Waals surface area contributed by atoms with Crippen molar-refractivity contribution in [2.24, 2.45) is 5.92 Å². The van der Waals surface area contributed by atoms with Crippen LogP contribution in [0.2, 0.25) is 0 Å². The van der Waals surface area contributed by atoms with Crippen molar-refractivity contribution in [1.82, 2.24) is 0 Å². The fraction of sp³-hybridized carbons (Fsp3) is 0.600. The highest BCUT2D eigenvalue weighted by Crippen LogP contribution is 2.40. The molecule has 1 nitrogen and oxygen atoms in total. The smallest absolute Gasteiger partial charge is 0.126 e. The van der Waals surface area contributed by atoms with Gasteiger partial charge in [-0.05, 0) is 110 Å². The van der Waals surface area contributed by atoms with Crippen LogP contribution in [0, 0.1) is 11.7 Å². The Labute approximate surface area is 194 Å².